The van der Waals surface area contributed by atoms with Crippen LogP contribution in [-0.2, 0) is 28.6 Å². The number of carbonyl (C=O) groups excluding carboxylic acids is 3. The Bertz CT molecular complexity index is 1060. The van der Waals surface area contributed by atoms with Gasteiger partial charge < -0.3 is 14.2 Å². The van der Waals surface area contributed by atoms with Crippen LogP contribution in [0.5, 0.6) is 0 Å². The first-order chi connectivity index (χ1) is 31.0. The van der Waals surface area contributed by atoms with E-state index in [0.29, 0.717) is 19.3 Å². The molecule has 0 N–H and O–H groups in total. The van der Waals surface area contributed by atoms with Crippen molar-refractivity contribution in [2.75, 3.05) is 13.2 Å². The summed E-state index contributed by atoms with van der Waals surface area (Å²) in [5.74, 6) is -0.868. The van der Waals surface area contributed by atoms with Crippen LogP contribution in [0, 0.1) is 0 Å². The van der Waals surface area contributed by atoms with E-state index in [2.05, 4.69) is 57.2 Å². The van der Waals surface area contributed by atoms with Crippen molar-refractivity contribution in [1.29, 1.82) is 0 Å². The lowest BCUT2D eigenvalue weighted by molar-refractivity contribution is -0.167. The highest BCUT2D eigenvalue weighted by molar-refractivity contribution is 5.71. The highest BCUT2D eigenvalue weighted by Gasteiger charge is 2.19. The number of hydrogen-bond acceptors (Lipinski definition) is 6. The Labute approximate surface area is 391 Å². The number of hydrogen-bond donors (Lipinski definition) is 0. The van der Waals surface area contributed by atoms with Gasteiger partial charge in [0.05, 0.1) is 0 Å². The van der Waals surface area contributed by atoms with Crippen LogP contribution in [0.25, 0.3) is 0 Å². The second-order valence-electron chi connectivity index (χ2n) is 18.5. The van der Waals surface area contributed by atoms with Crippen LogP contribution < -0.4 is 0 Å². The van der Waals surface area contributed by atoms with E-state index in [9.17, 15) is 14.4 Å². The van der Waals surface area contributed by atoms with Crippen LogP contribution in [-0.4, -0.2) is 37.2 Å². The molecule has 0 aliphatic rings. The van der Waals surface area contributed by atoms with E-state index < -0.39 is 6.10 Å². The molecule has 0 aromatic carbocycles. The maximum atomic E-state index is 12.8. The van der Waals surface area contributed by atoms with E-state index in [4.69, 9.17) is 14.2 Å². The SMILES string of the molecule is CC/C=C\C/C=C\C/C=C\CCCCCCCCCC(=O)OC(COC(=O)CCCCCCCCCCCC)COC(=O)CCCCCCCCCCCCCCCCCCCC. The summed E-state index contributed by atoms with van der Waals surface area (Å²) < 4.78 is 16.8. The lowest BCUT2D eigenvalue weighted by Gasteiger charge is -2.18. The molecular formula is C57H104O6. The smallest absolute Gasteiger partial charge is 0.306 e. The standard InChI is InChI=1S/C57H104O6/c1-4-7-10-13-16-19-22-24-26-28-30-31-33-35-38-41-44-47-50-56(59)62-53-54(52-61-55(58)49-46-43-40-37-21-18-15-12-9-6-3)63-57(60)51-48-45-42-39-36-34-32-29-27-25-23-20-17-14-11-8-5-2/h8,11,17,20,25,27,54H,4-7,9-10,12-16,18-19,21-24,26,28-53H2,1-3H3/b11-8-,20-17-,27-25-. The zero-order valence-electron chi connectivity index (χ0n) is 42.1. The minimum absolute atomic E-state index is 0.0717. The predicted molar refractivity (Wildman–Crippen MR) is 270 cm³/mol. The fourth-order valence-corrected chi connectivity index (χ4v) is 8.05. The first-order valence-corrected chi connectivity index (χ1v) is 27.5. The Morgan fingerprint density at radius 1 is 0.333 bits per heavy atom. The molecule has 0 aromatic heterocycles. The fourth-order valence-electron chi connectivity index (χ4n) is 8.05. The largest absolute Gasteiger partial charge is 0.462 e. The average Bonchev–Trinajstić information content (AvgIpc) is 3.28. The van der Waals surface area contributed by atoms with Crippen molar-refractivity contribution in [2.45, 2.75) is 297 Å². The molecular weight excluding hydrogens is 781 g/mol. The molecule has 0 heterocycles. The summed E-state index contributed by atoms with van der Waals surface area (Å²) in [6.07, 6.45) is 61.3. The van der Waals surface area contributed by atoms with Gasteiger partial charge in [-0.2, -0.15) is 0 Å². The molecule has 0 bridgehead atoms. The number of allylic oxidation sites excluding steroid dienone is 6. The fraction of sp³-hybridized carbons (Fsp3) is 0.842. The molecule has 1 atom stereocenters. The van der Waals surface area contributed by atoms with Gasteiger partial charge in [-0.1, -0.05) is 256 Å². The van der Waals surface area contributed by atoms with Crippen LogP contribution in [0.2, 0.25) is 0 Å². The van der Waals surface area contributed by atoms with Crippen molar-refractivity contribution in [1.82, 2.24) is 0 Å². The van der Waals surface area contributed by atoms with Gasteiger partial charge in [0.2, 0.25) is 0 Å². The summed E-state index contributed by atoms with van der Waals surface area (Å²) in [4.78, 5) is 38.0. The number of unbranched alkanes of at least 4 members (excludes halogenated alkanes) is 33. The van der Waals surface area contributed by atoms with Crippen molar-refractivity contribution in [2.24, 2.45) is 0 Å². The van der Waals surface area contributed by atoms with Crippen LogP contribution >= 0.6 is 0 Å². The summed E-state index contributed by atoms with van der Waals surface area (Å²) in [7, 11) is 0. The third-order valence-electron chi connectivity index (χ3n) is 12.2. The van der Waals surface area contributed by atoms with E-state index in [1.165, 1.54) is 167 Å². The highest BCUT2D eigenvalue weighted by Crippen LogP contribution is 2.16. The van der Waals surface area contributed by atoms with Crippen LogP contribution in [0.4, 0.5) is 0 Å². The minimum atomic E-state index is -0.772. The van der Waals surface area contributed by atoms with Gasteiger partial charge in [0.25, 0.3) is 0 Å². The summed E-state index contributed by atoms with van der Waals surface area (Å²) in [5, 5.41) is 0. The van der Waals surface area contributed by atoms with Gasteiger partial charge in [0, 0.05) is 19.3 Å². The van der Waals surface area contributed by atoms with Gasteiger partial charge in [-0.3, -0.25) is 14.4 Å². The second kappa shape index (κ2) is 52.3. The number of carbonyl (C=O) groups is 3. The van der Waals surface area contributed by atoms with Crippen LogP contribution in [0.3, 0.4) is 0 Å². The summed E-state index contributed by atoms with van der Waals surface area (Å²) in [5.41, 5.74) is 0. The van der Waals surface area contributed by atoms with Gasteiger partial charge in [0.1, 0.15) is 13.2 Å². The normalized spacial score (nSPS) is 12.2. The third-order valence-corrected chi connectivity index (χ3v) is 12.2. The van der Waals surface area contributed by atoms with E-state index in [-0.39, 0.29) is 31.1 Å². The van der Waals surface area contributed by atoms with Crippen molar-refractivity contribution in [3.8, 4) is 0 Å². The van der Waals surface area contributed by atoms with E-state index >= 15 is 0 Å². The van der Waals surface area contributed by atoms with Crippen molar-refractivity contribution in [3.63, 3.8) is 0 Å². The molecule has 0 aromatic rings. The second-order valence-corrected chi connectivity index (χ2v) is 18.5. The molecule has 63 heavy (non-hydrogen) atoms. The third kappa shape index (κ3) is 50.5. The molecule has 0 amide bonds. The number of esters is 3. The van der Waals surface area contributed by atoms with Gasteiger partial charge in [0.15, 0.2) is 6.10 Å². The summed E-state index contributed by atoms with van der Waals surface area (Å²) >= 11 is 0. The molecule has 368 valence electrons. The minimum Gasteiger partial charge on any atom is -0.462 e. The molecule has 0 radical (unpaired) electrons. The molecule has 0 aliphatic heterocycles. The molecule has 0 fully saturated rings. The Hall–Kier alpha value is -2.37. The maximum Gasteiger partial charge on any atom is 0.306 e. The highest BCUT2D eigenvalue weighted by atomic mass is 16.6. The monoisotopic (exact) mass is 885 g/mol. The van der Waals surface area contributed by atoms with Gasteiger partial charge >= 0.3 is 17.9 Å². The lowest BCUT2D eigenvalue weighted by Crippen LogP contribution is -2.30. The topological polar surface area (TPSA) is 78.9 Å². The van der Waals surface area contributed by atoms with E-state index in [1.54, 1.807) is 0 Å². The number of rotatable bonds is 50. The quantitative estimate of drug-likeness (QED) is 0.0262. The Balaban J connectivity index is 4.29. The van der Waals surface area contributed by atoms with E-state index in [0.717, 1.165) is 83.5 Å². The first-order valence-electron chi connectivity index (χ1n) is 27.5. The van der Waals surface area contributed by atoms with Gasteiger partial charge in [-0.05, 0) is 51.4 Å². The van der Waals surface area contributed by atoms with Crippen molar-refractivity contribution in [3.05, 3.63) is 36.5 Å². The molecule has 0 spiro atoms. The van der Waals surface area contributed by atoms with Crippen molar-refractivity contribution >= 4 is 17.9 Å². The Morgan fingerprint density at radius 3 is 0.968 bits per heavy atom. The lowest BCUT2D eigenvalue weighted by atomic mass is 10.0. The Morgan fingerprint density at radius 2 is 0.619 bits per heavy atom. The first kappa shape index (κ1) is 60.6. The molecule has 0 saturated carbocycles. The van der Waals surface area contributed by atoms with Gasteiger partial charge in [-0.15, -0.1) is 0 Å². The van der Waals surface area contributed by atoms with Gasteiger partial charge in [-0.25, -0.2) is 0 Å². The summed E-state index contributed by atoms with van der Waals surface area (Å²) in [6.45, 7) is 6.54. The zero-order chi connectivity index (χ0) is 45.8. The zero-order valence-corrected chi connectivity index (χ0v) is 42.1. The molecule has 6 nitrogen and oxygen atoms in total. The molecule has 1 unspecified atom stereocenters. The van der Waals surface area contributed by atoms with E-state index in [1.807, 2.05) is 0 Å². The molecule has 6 heteroatoms. The maximum absolute atomic E-state index is 12.8. The van der Waals surface area contributed by atoms with Crippen molar-refractivity contribution < 1.29 is 28.6 Å². The average molecular weight is 885 g/mol. The molecule has 0 rings (SSSR count). The molecule has 0 aliphatic carbocycles. The molecule has 0 saturated heterocycles. The number of ether oxygens (including phenoxy) is 3. The van der Waals surface area contributed by atoms with Crippen LogP contribution in [0.1, 0.15) is 290 Å². The Kier molecular flexibility index (Phi) is 50.3. The summed E-state index contributed by atoms with van der Waals surface area (Å²) in [6, 6.07) is 0. The predicted octanol–water partition coefficient (Wildman–Crippen LogP) is 18.1. The van der Waals surface area contributed by atoms with Crippen LogP contribution in [0.15, 0.2) is 36.5 Å².